The van der Waals surface area contributed by atoms with Gasteiger partial charge in [0.15, 0.2) is 11.5 Å². The Morgan fingerprint density at radius 1 is 1.39 bits per heavy atom. The lowest BCUT2D eigenvalue weighted by Gasteiger charge is -2.30. The summed E-state index contributed by atoms with van der Waals surface area (Å²) >= 11 is 3.86. The molecule has 2 heterocycles. The number of ether oxygens (including phenoxy) is 1. The third kappa shape index (κ3) is 6.09. The highest BCUT2D eigenvalue weighted by Gasteiger charge is 2.37. The summed E-state index contributed by atoms with van der Waals surface area (Å²) in [4.78, 5) is 24.2. The maximum Gasteiger partial charge on any atom is 0.342 e. The molecule has 3 N–H and O–H groups in total. The number of nitrogens with one attached hydrogen (secondary N) is 1. The van der Waals surface area contributed by atoms with Crippen molar-refractivity contribution in [1.82, 2.24) is 24.6 Å². The highest BCUT2D eigenvalue weighted by atomic mass is 32.1. The van der Waals surface area contributed by atoms with Gasteiger partial charge >= 0.3 is 7.52 Å². The zero-order chi connectivity index (χ0) is 24.2. The summed E-state index contributed by atoms with van der Waals surface area (Å²) in [6.45, 7) is 5.20. The SMILES string of the molecule is C[C@H](Cn1cnc2c(N)ncnc21)OCP(=O)(NC(C)(C)C(=O)S)Oc1cccc(C#N)c1. The lowest BCUT2D eigenvalue weighted by Crippen LogP contribution is -2.44. The van der Waals surface area contributed by atoms with Gasteiger partial charge in [0.05, 0.1) is 36.1 Å². The van der Waals surface area contributed by atoms with Crippen molar-refractivity contribution in [2.75, 3.05) is 12.1 Å². The molecule has 3 rings (SSSR count). The molecule has 0 amide bonds. The Bertz CT molecular complexity index is 1260. The number of aromatic nitrogens is 4. The number of imidazole rings is 1. The predicted octanol–water partition coefficient (Wildman–Crippen LogP) is 2.74. The zero-order valence-electron chi connectivity index (χ0n) is 18.3. The van der Waals surface area contributed by atoms with Gasteiger partial charge in [-0.15, -0.1) is 12.6 Å². The van der Waals surface area contributed by atoms with Gasteiger partial charge in [-0.05, 0) is 39.0 Å². The molecule has 0 spiro atoms. The molecule has 2 atom stereocenters. The Morgan fingerprint density at radius 2 is 2.15 bits per heavy atom. The van der Waals surface area contributed by atoms with E-state index in [-0.39, 0.29) is 17.9 Å². The third-order valence-corrected chi connectivity index (χ3v) is 7.07. The molecule has 13 heteroatoms. The maximum atomic E-state index is 13.7. The van der Waals surface area contributed by atoms with Crippen LogP contribution in [0.15, 0.2) is 36.9 Å². The molecule has 0 bridgehead atoms. The molecule has 1 aromatic carbocycles. The number of carbonyl (C=O) groups is 1. The number of thiol groups is 1. The van der Waals surface area contributed by atoms with Crippen LogP contribution in [0, 0.1) is 11.3 Å². The van der Waals surface area contributed by atoms with E-state index in [1.54, 1.807) is 36.0 Å². The number of nitriles is 1. The van der Waals surface area contributed by atoms with Crippen LogP contribution in [0.5, 0.6) is 5.75 Å². The van der Waals surface area contributed by atoms with Crippen LogP contribution in [0.2, 0.25) is 0 Å². The van der Waals surface area contributed by atoms with Crippen molar-refractivity contribution in [2.45, 2.75) is 39.0 Å². The number of benzene rings is 1. The van der Waals surface area contributed by atoms with Gasteiger partial charge < -0.3 is 19.6 Å². The number of hydrogen-bond acceptors (Lipinski definition) is 9. The van der Waals surface area contributed by atoms with Gasteiger partial charge in [-0.25, -0.2) is 20.0 Å². The molecule has 0 saturated heterocycles. The van der Waals surface area contributed by atoms with Crippen LogP contribution in [0.4, 0.5) is 5.82 Å². The van der Waals surface area contributed by atoms with Gasteiger partial charge in [0.25, 0.3) is 0 Å². The standard InChI is InChI=1S/C20H24N7O4PS/c1-13(9-27-11-25-16-17(22)23-10-24-18(16)27)30-12-32(29,26-20(2,3)19(28)33)31-15-6-4-5-14(7-15)8-21/h4-7,10-11,13H,9,12H2,1-3H3,(H,26,29)(H,28,33)(H2,22,23,24)/t13-,32?/m1/s1. The van der Waals surface area contributed by atoms with E-state index in [9.17, 15) is 9.36 Å². The summed E-state index contributed by atoms with van der Waals surface area (Å²) in [5.41, 5.74) is 5.93. The van der Waals surface area contributed by atoms with E-state index in [0.717, 1.165) is 0 Å². The molecule has 0 aliphatic carbocycles. The van der Waals surface area contributed by atoms with Gasteiger partial charge in [0.2, 0.25) is 5.12 Å². The highest BCUT2D eigenvalue weighted by molar-refractivity contribution is 7.96. The van der Waals surface area contributed by atoms with Gasteiger partial charge in [-0.3, -0.25) is 9.36 Å². The van der Waals surface area contributed by atoms with Gasteiger partial charge in [-0.2, -0.15) is 5.26 Å². The van der Waals surface area contributed by atoms with E-state index in [1.807, 2.05) is 6.07 Å². The molecular weight excluding hydrogens is 465 g/mol. The number of hydrogen-bond donors (Lipinski definition) is 3. The van der Waals surface area contributed by atoms with Crippen molar-refractivity contribution in [3.05, 3.63) is 42.5 Å². The molecule has 0 saturated carbocycles. The number of nitrogens with two attached hydrogens (primary N) is 1. The van der Waals surface area contributed by atoms with E-state index in [1.165, 1.54) is 26.2 Å². The predicted molar refractivity (Wildman–Crippen MR) is 126 cm³/mol. The maximum absolute atomic E-state index is 13.7. The lowest BCUT2D eigenvalue weighted by atomic mass is 10.1. The summed E-state index contributed by atoms with van der Waals surface area (Å²) in [5.74, 6) is 0.476. The second-order valence-corrected chi connectivity index (χ2v) is 10.3. The number of nitrogen functional groups attached to an aromatic ring is 1. The second kappa shape index (κ2) is 9.89. The molecule has 33 heavy (non-hydrogen) atoms. The summed E-state index contributed by atoms with van der Waals surface area (Å²) in [5, 5.41) is 11.3. The largest absolute Gasteiger partial charge is 0.431 e. The minimum atomic E-state index is -3.77. The van der Waals surface area contributed by atoms with Crippen LogP contribution in [-0.2, 0) is 20.6 Å². The summed E-state index contributed by atoms with van der Waals surface area (Å²) in [7, 11) is -3.77. The van der Waals surface area contributed by atoms with Crippen LogP contribution >= 0.6 is 20.1 Å². The summed E-state index contributed by atoms with van der Waals surface area (Å²) in [6.07, 6.45) is 2.14. The third-order valence-electron chi connectivity index (χ3n) is 4.61. The smallest absolute Gasteiger partial charge is 0.342 e. The Hall–Kier alpha value is -2.97. The first-order valence-electron chi connectivity index (χ1n) is 9.87. The first kappa shape index (κ1) is 24.7. The van der Waals surface area contributed by atoms with E-state index in [2.05, 4.69) is 32.7 Å². The Balaban J connectivity index is 1.77. The van der Waals surface area contributed by atoms with Crippen molar-refractivity contribution in [3.63, 3.8) is 0 Å². The summed E-state index contributed by atoms with van der Waals surface area (Å²) in [6, 6.07) is 8.22. The average Bonchev–Trinajstić information content (AvgIpc) is 3.16. The molecular formula is C20H24N7O4PS. The number of rotatable bonds is 10. The Kier molecular flexibility index (Phi) is 7.39. The number of fused-ring (bicyclic) bond motifs is 1. The van der Waals surface area contributed by atoms with Crippen molar-refractivity contribution in [2.24, 2.45) is 0 Å². The van der Waals surface area contributed by atoms with E-state index < -0.39 is 24.3 Å². The van der Waals surface area contributed by atoms with Gasteiger partial charge in [0, 0.05) is 0 Å². The molecule has 0 radical (unpaired) electrons. The van der Waals surface area contributed by atoms with E-state index in [0.29, 0.717) is 23.3 Å². The van der Waals surface area contributed by atoms with Crippen LogP contribution in [0.3, 0.4) is 0 Å². The van der Waals surface area contributed by atoms with Crippen molar-refractivity contribution >= 4 is 42.2 Å². The zero-order valence-corrected chi connectivity index (χ0v) is 20.1. The quantitative estimate of drug-likeness (QED) is 0.286. The first-order valence-corrected chi connectivity index (χ1v) is 12.1. The van der Waals surface area contributed by atoms with Crippen molar-refractivity contribution < 1.29 is 18.6 Å². The summed E-state index contributed by atoms with van der Waals surface area (Å²) < 4.78 is 27.0. The fraction of sp³-hybridized carbons (Fsp3) is 0.350. The number of nitrogens with zero attached hydrogens (tertiary/aromatic N) is 5. The number of anilines is 1. The van der Waals surface area contributed by atoms with Crippen molar-refractivity contribution in [3.8, 4) is 11.8 Å². The van der Waals surface area contributed by atoms with Gasteiger partial charge in [0.1, 0.15) is 23.9 Å². The topological polar surface area (TPSA) is 158 Å². The van der Waals surface area contributed by atoms with Crippen LogP contribution in [0.1, 0.15) is 26.3 Å². The molecule has 2 aromatic heterocycles. The van der Waals surface area contributed by atoms with Crippen LogP contribution < -0.4 is 15.3 Å². The van der Waals surface area contributed by atoms with Gasteiger partial charge in [-0.1, -0.05) is 6.07 Å². The normalized spacial score (nSPS) is 14.4. The molecule has 3 aromatic rings. The second-order valence-electron chi connectivity index (χ2n) is 7.88. The lowest BCUT2D eigenvalue weighted by molar-refractivity contribution is -0.114. The molecule has 0 aliphatic heterocycles. The molecule has 0 aliphatic rings. The molecule has 0 fully saturated rings. The van der Waals surface area contributed by atoms with E-state index >= 15 is 0 Å². The van der Waals surface area contributed by atoms with E-state index in [4.69, 9.17) is 20.3 Å². The van der Waals surface area contributed by atoms with Crippen LogP contribution in [-0.4, -0.2) is 42.6 Å². The molecule has 1 unspecified atom stereocenters. The molecule has 11 nitrogen and oxygen atoms in total. The average molecular weight is 489 g/mol. The fourth-order valence-corrected chi connectivity index (χ4v) is 5.10. The highest BCUT2D eigenvalue weighted by Crippen LogP contribution is 2.45. The first-order chi connectivity index (χ1) is 15.5. The minimum absolute atomic E-state index is 0.205. The minimum Gasteiger partial charge on any atom is -0.431 e. The Labute approximate surface area is 196 Å². The molecule has 174 valence electrons. The van der Waals surface area contributed by atoms with Crippen molar-refractivity contribution in [1.29, 1.82) is 5.26 Å². The van der Waals surface area contributed by atoms with Crippen LogP contribution in [0.25, 0.3) is 11.2 Å². The fourth-order valence-electron chi connectivity index (χ4n) is 2.94. The number of carbonyl (C=O) groups excluding carboxylic acids is 1. The Morgan fingerprint density at radius 3 is 2.85 bits per heavy atom. The monoisotopic (exact) mass is 489 g/mol.